The number of methoxy groups -OCH3 is 1. The zero-order chi connectivity index (χ0) is 11.4. The molecule has 1 aromatic rings. The van der Waals surface area contributed by atoms with Gasteiger partial charge in [-0.2, -0.15) is 0 Å². The number of hydrogen-bond acceptors (Lipinski definition) is 2. The molecular weight excluding hydrogens is 186 g/mol. The summed E-state index contributed by atoms with van der Waals surface area (Å²) in [5.41, 5.74) is 8.21. The zero-order valence-electron chi connectivity index (χ0n) is 9.66. The van der Waals surface area contributed by atoms with Gasteiger partial charge in [0.05, 0.1) is 13.2 Å². The first kappa shape index (κ1) is 11.8. The Morgan fingerprint density at radius 3 is 2.53 bits per heavy atom. The molecule has 2 N–H and O–H groups in total. The summed E-state index contributed by atoms with van der Waals surface area (Å²) >= 11 is 0. The van der Waals surface area contributed by atoms with Gasteiger partial charge in [-0.1, -0.05) is 26.0 Å². The molecule has 2 nitrogen and oxygen atoms in total. The van der Waals surface area contributed by atoms with E-state index in [-0.39, 0.29) is 6.04 Å². The lowest BCUT2D eigenvalue weighted by molar-refractivity contribution is 0.408. The predicted octanol–water partition coefficient (Wildman–Crippen LogP) is 3.00. The largest absolute Gasteiger partial charge is 0.496 e. The molecule has 0 aliphatic carbocycles. The molecule has 1 atom stereocenters. The highest BCUT2D eigenvalue weighted by Crippen LogP contribution is 2.28. The summed E-state index contributed by atoms with van der Waals surface area (Å²) in [5.74, 6) is 1.32. The molecule has 0 unspecified atom stereocenters. The van der Waals surface area contributed by atoms with Gasteiger partial charge in [-0.15, -0.1) is 6.58 Å². The standard InChI is InChI=1S/C13H19NO/c1-5-12(14)11-8-10(9(2)3)6-7-13(11)15-4/h5-9,12H,1,14H2,2-4H3/t12-/m1/s1. The van der Waals surface area contributed by atoms with E-state index >= 15 is 0 Å². The molecule has 0 saturated carbocycles. The topological polar surface area (TPSA) is 35.2 Å². The van der Waals surface area contributed by atoms with Gasteiger partial charge in [-0.05, 0) is 23.6 Å². The molecule has 0 fully saturated rings. The third kappa shape index (κ3) is 2.60. The van der Waals surface area contributed by atoms with Gasteiger partial charge < -0.3 is 10.5 Å². The molecule has 0 amide bonds. The van der Waals surface area contributed by atoms with Crippen molar-refractivity contribution < 1.29 is 4.74 Å². The second-order valence-corrected chi connectivity index (χ2v) is 3.92. The van der Waals surface area contributed by atoms with Gasteiger partial charge in [-0.25, -0.2) is 0 Å². The molecular formula is C13H19NO. The van der Waals surface area contributed by atoms with Gasteiger partial charge in [0.1, 0.15) is 5.75 Å². The van der Waals surface area contributed by atoms with E-state index in [9.17, 15) is 0 Å². The summed E-state index contributed by atoms with van der Waals surface area (Å²) in [4.78, 5) is 0. The molecule has 0 aromatic heterocycles. The number of benzene rings is 1. The normalized spacial score (nSPS) is 12.6. The van der Waals surface area contributed by atoms with Crippen LogP contribution in [0.4, 0.5) is 0 Å². The second-order valence-electron chi connectivity index (χ2n) is 3.92. The number of nitrogens with two attached hydrogens (primary N) is 1. The third-order valence-corrected chi connectivity index (χ3v) is 2.53. The summed E-state index contributed by atoms with van der Waals surface area (Å²) in [6.45, 7) is 8.02. The molecule has 15 heavy (non-hydrogen) atoms. The molecule has 0 radical (unpaired) electrons. The maximum Gasteiger partial charge on any atom is 0.123 e. The van der Waals surface area contributed by atoms with E-state index < -0.39 is 0 Å². The van der Waals surface area contributed by atoms with Gasteiger partial charge in [0.15, 0.2) is 0 Å². The van der Waals surface area contributed by atoms with Crippen LogP contribution in [0.5, 0.6) is 5.75 Å². The van der Waals surface area contributed by atoms with Crippen molar-refractivity contribution >= 4 is 0 Å². The van der Waals surface area contributed by atoms with E-state index in [1.54, 1.807) is 13.2 Å². The number of ether oxygens (including phenoxy) is 1. The lowest BCUT2D eigenvalue weighted by Crippen LogP contribution is -2.09. The van der Waals surface area contributed by atoms with E-state index in [0.717, 1.165) is 11.3 Å². The van der Waals surface area contributed by atoms with E-state index in [2.05, 4.69) is 32.6 Å². The first-order chi connectivity index (χ1) is 7.10. The van der Waals surface area contributed by atoms with Crippen LogP contribution in [-0.4, -0.2) is 7.11 Å². The summed E-state index contributed by atoms with van der Waals surface area (Å²) in [6.07, 6.45) is 1.72. The maximum atomic E-state index is 5.94. The Hall–Kier alpha value is -1.28. The lowest BCUT2D eigenvalue weighted by atomic mass is 9.97. The minimum atomic E-state index is -0.168. The van der Waals surface area contributed by atoms with Crippen LogP contribution in [0.3, 0.4) is 0 Å². The van der Waals surface area contributed by atoms with Gasteiger partial charge in [0.25, 0.3) is 0 Å². The second kappa shape index (κ2) is 4.99. The molecule has 0 saturated heterocycles. The van der Waals surface area contributed by atoms with E-state index in [1.807, 2.05) is 6.07 Å². The van der Waals surface area contributed by atoms with Crippen LogP contribution < -0.4 is 10.5 Å². The fraction of sp³-hybridized carbons (Fsp3) is 0.385. The summed E-state index contributed by atoms with van der Waals surface area (Å²) in [6, 6.07) is 5.96. The van der Waals surface area contributed by atoms with Crippen LogP contribution in [0.2, 0.25) is 0 Å². The average Bonchev–Trinajstić information content (AvgIpc) is 2.27. The van der Waals surface area contributed by atoms with E-state index in [4.69, 9.17) is 10.5 Å². The van der Waals surface area contributed by atoms with Crippen molar-refractivity contribution in [2.24, 2.45) is 5.73 Å². The summed E-state index contributed by atoms with van der Waals surface area (Å²) in [5, 5.41) is 0. The highest BCUT2D eigenvalue weighted by atomic mass is 16.5. The lowest BCUT2D eigenvalue weighted by Gasteiger charge is -2.15. The molecule has 0 aliphatic rings. The van der Waals surface area contributed by atoms with Crippen molar-refractivity contribution in [3.05, 3.63) is 42.0 Å². The SMILES string of the molecule is C=C[C@@H](N)c1cc(C(C)C)ccc1OC. The molecule has 2 heteroatoms. The van der Waals surface area contributed by atoms with Crippen LogP contribution in [-0.2, 0) is 0 Å². The Bertz CT molecular complexity index is 344. The van der Waals surface area contributed by atoms with Crippen LogP contribution in [0, 0.1) is 0 Å². The predicted molar refractivity (Wildman–Crippen MR) is 64.2 cm³/mol. The first-order valence-corrected chi connectivity index (χ1v) is 5.16. The van der Waals surface area contributed by atoms with E-state index in [1.165, 1.54) is 5.56 Å². The molecule has 0 spiro atoms. The van der Waals surface area contributed by atoms with Crippen molar-refractivity contribution in [1.82, 2.24) is 0 Å². The van der Waals surface area contributed by atoms with Crippen LogP contribution in [0.15, 0.2) is 30.9 Å². The molecule has 1 aromatic carbocycles. The Morgan fingerprint density at radius 2 is 2.07 bits per heavy atom. The van der Waals surface area contributed by atoms with Crippen molar-refractivity contribution in [2.75, 3.05) is 7.11 Å². The average molecular weight is 205 g/mol. The van der Waals surface area contributed by atoms with Crippen molar-refractivity contribution in [3.63, 3.8) is 0 Å². The molecule has 0 bridgehead atoms. The van der Waals surface area contributed by atoms with Crippen LogP contribution >= 0.6 is 0 Å². The quantitative estimate of drug-likeness (QED) is 0.767. The highest BCUT2D eigenvalue weighted by molar-refractivity contribution is 5.41. The third-order valence-electron chi connectivity index (χ3n) is 2.53. The Morgan fingerprint density at radius 1 is 1.40 bits per heavy atom. The van der Waals surface area contributed by atoms with Gasteiger partial charge in [0, 0.05) is 5.56 Å². The Kier molecular flexibility index (Phi) is 3.92. The number of hydrogen-bond donors (Lipinski definition) is 1. The van der Waals surface area contributed by atoms with Crippen LogP contribution in [0.25, 0.3) is 0 Å². The Labute approximate surface area is 91.7 Å². The fourth-order valence-corrected chi connectivity index (χ4v) is 1.50. The zero-order valence-corrected chi connectivity index (χ0v) is 9.66. The van der Waals surface area contributed by atoms with E-state index in [0.29, 0.717) is 5.92 Å². The maximum absolute atomic E-state index is 5.94. The minimum Gasteiger partial charge on any atom is -0.496 e. The monoisotopic (exact) mass is 205 g/mol. The smallest absolute Gasteiger partial charge is 0.123 e. The van der Waals surface area contributed by atoms with Crippen molar-refractivity contribution in [3.8, 4) is 5.75 Å². The highest BCUT2D eigenvalue weighted by Gasteiger charge is 2.10. The first-order valence-electron chi connectivity index (χ1n) is 5.16. The van der Waals surface area contributed by atoms with Crippen LogP contribution in [0.1, 0.15) is 36.9 Å². The molecule has 82 valence electrons. The van der Waals surface area contributed by atoms with Gasteiger partial charge in [-0.3, -0.25) is 0 Å². The minimum absolute atomic E-state index is 0.168. The van der Waals surface area contributed by atoms with Crippen molar-refractivity contribution in [2.45, 2.75) is 25.8 Å². The fourth-order valence-electron chi connectivity index (χ4n) is 1.50. The van der Waals surface area contributed by atoms with Crippen molar-refractivity contribution in [1.29, 1.82) is 0 Å². The summed E-state index contributed by atoms with van der Waals surface area (Å²) in [7, 11) is 1.66. The number of rotatable bonds is 4. The Balaban J connectivity index is 3.18. The molecule has 1 rings (SSSR count). The molecule has 0 heterocycles. The van der Waals surface area contributed by atoms with Gasteiger partial charge >= 0.3 is 0 Å². The molecule has 0 aliphatic heterocycles. The van der Waals surface area contributed by atoms with Gasteiger partial charge in [0.2, 0.25) is 0 Å². The summed E-state index contributed by atoms with van der Waals surface area (Å²) < 4.78 is 5.28.